The van der Waals surface area contributed by atoms with Gasteiger partial charge in [0.15, 0.2) is 0 Å². The van der Waals surface area contributed by atoms with Crippen molar-refractivity contribution in [3.63, 3.8) is 0 Å². The lowest BCUT2D eigenvalue weighted by atomic mass is 10.1. The van der Waals surface area contributed by atoms with Gasteiger partial charge in [0, 0.05) is 31.8 Å². The Labute approximate surface area is 108 Å². The Morgan fingerprint density at radius 1 is 1.29 bits per heavy atom. The van der Waals surface area contributed by atoms with Gasteiger partial charge in [0.05, 0.1) is 6.10 Å². The summed E-state index contributed by atoms with van der Waals surface area (Å²) < 4.78 is 5.33. The normalized spacial score (nSPS) is 16.2. The fourth-order valence-electron chi connectivity index (χ4n) is 1.86. The smallest absolute Gasteiger partial charge is 0.0670 e. The Morgan fingerprint density at radius 3 is 2.29 bits per heavy atom. The summed E-state index contributed by atoms with van der Waals surface area (Å²) in [5.74, 6) is 0. The van der Waals surface area contributed by atoms with Crippen LogP contribution in [0.2, 0.25) is 0 Å². The summed E-state index contributed by atoms with van der Waals surface area (Å²) in [5.41, 5.74) is 0.194. The molecule has 0 spiro atoms. The van der Waals surface area contributed by atoms with Gasteiger partial charge in [0.1, 0.15) is 0 Å². The first kappa shape index (κ1) is 16.9. The Kier molecular flexibility index (Phi) is 8.01. The van der Waals surface area contributed by atoms with Gasteiger partial charge in [-0.25, -0.2) is 0 Å². The fraction of sp³-hybridized carbons (Fsp3) is 1.00. The molecule has 0 saturated carbocycles. The van der Waals surface area contributed by atoms with Crippen molar-refractivity contribution < 1.29 is 4.74 Å². The van der Waals surface area contributed by atoms with Crippen LogP contribution in [0.5, 0.6) is 0 Å². The Bertz CT molecular complexity index is 189. The maximum absolute atomic E-state index is 5.33. The number of nitrogens with one attached hydrogen (secondary N) is 1. The summed E-state index contributed by atoms with van der Waals surface area (Å²) in [6, 6.07) is 0.594. The van der Waals surface area contributed by atoms with Gasteiger partial charge in [0.2, 0.25) is 0 Å². The van der Waals surface area contributed by atoms with Crippen molar-refractivity contribution in [3.05, 3.63) is 0 Å². The molecule has 0 rings (SSSR count). The topological polar surface area (TPSA) is 24.5 Å². The molecule has 0 fully saturated rings. The van der Waals surface area contributed by atoms with Crippen LogP contribution in [0, 0.1) is 0 Å². The molecule has 2 atom stereocenters. The summed E-state index contributed by atoms with van der Waals surface area (Å²) >= 11 is 0. The van der Waals surface area contributed by atoms with Gasteiger partial charge in [-0.15, -0.1) is 0 Å². The lowest BCUT2D eigenvalue weighted by molar-refractivity contribution is 0.0682. The molecule has 0 aliphatic heterocycles. The molecule has 1 N–H and O–H groups in total. The van der Waals surface area contributed by atoms with Gasteiger partial charge < -0.3 is 10.1 Å². The van der Waals surface area contributed by atoms with Crippen LogP contribution in [0.25, 0.3) is 0 Å². The quantitative estimate of drug-likeness (QED) is 0.710. The number of hydrogen-bond acceptors (Lipinski definition) is 3. The van der Waals surface area contributed by atoms with Crippen molar-refractivity contribution in [2.24, 2.45) is 0 Å². The standard InChI is InChI=1S/C14H32N2O/c1-8-9-13(10-15-14(3,4)5)16(6)11-12(2)17-7/h12-13,15H,8-11H2,1-7H3. The molecule has 0 radical (unpaired) electrons. The van der Waals surface area contributed by atoms with Gasteiger partial charge in [0.25, 0.3) is 0 Å². The van der Waals surface area contributed by atoms with E-state index in [2.05, 4.69) is 51.9 Å². The molecular formula is C14H32N2O. The molecule has 17 heavy (non-hydrogen) atoms. The largest absolute Gasteiger partial charge is 0.380 e. The minimum atomic E-state index is 0.194. The molecule has 0 aromatic rings. The highest BCUT2D eigenvalue weighted by Gasteiger charge is 2.18. The predicted octanol–water partition coefficient (Wildman–Crippen LogP) is 2.51. The molecule has 0 aliphatic carbocycles. The third kappa shape index (κ3) is 8.58. The van der Waals surface area contributed by atoms with Crippen molar-refractivity contribution in [2.45, 2.75) is 65.1 Å². The minimum Gasteiger partial charge on any atom is -0.380 e. The second-order valence-electron chi connectivity index (χ2n) is 6.06. The van der Waals surface area contributed by atoms with Gasteiger partial charge in [-0.05, 0) is 41.2 Å². The van der Waals surface area contributed by atoms with E-state index < -0.39 is 0 Å². The number of ether oxygens (including phenoxy) is 1. The summed E-state index contributed by atoms with van der Waals surface area (Å²) in [4.78, 5) is 2.41. The Balaban J connectivity index is 4.20. The minimum absolute atomic E-state index is 0.194. The maximum Gasteiger partial charge on any atom is 0.0670 e. The van der Waals surface area contributed by atoms with E-state index in [-0.39, 0.29) is 5.54 Å². The second kappa shape index (κ2) is 8.06. The second-order valence-corrected chi connectivity index (χ2v) is 6.06. The third-order valence-electron chi connectivity index (χ3n) is 3.06. The first-order chi connectivity index (χ1) is 7.80. The molecule has 0 aliphatic rings. The van der Waals surface area contributed by atoms with Crippen LogP contribution in [-0.4, -0.2) is 49.8 Å². The lowest BCUT2D eigenvalue weighted by Gasteiger charge is -2.32. The summed E-state index contributed by atoms with van der Waals surface area (Å²) in [7, 11) is 3.97. The van der Waals surface area contributed by atoms with E-state index in [9.17, 15) is 0 Å². The highest BCUT2D eigenvalue weighted by molar-refractivity contribution is 4.78. The van der Waals surface area contributed by atoms with E-state index in [0.29, 0.717) is 12.1 Å². The summed E-state index contributed by atoms with van der Waals surface area (Å²) in [6.45, 7) is 13.1. The van der Waals surface area contributed by atoms with E-state index >= 15 is 0 Å². The average molecular weight is 244 g/mol. The maximum atomic E-state index is 5.33. The number of likely N-dealkylation sites (N-methyl/N-ethyl adjacent to an activating group) is 1. The van der Waals surface area contributed by atoms with Crippen LogP contribution < -0.4 is 5.32 Å². The van der Waals surface area contributed by atoms with E-state index in [0.717, 1.165) is 13.1 Å². The molecule has 3 heteroatoms. The Hall–Kier alpha value is -0.120. The fourth-order valence-corrected chi connectivity index (χ4v) is 1.86. The van der Waals surface area contributed by atoms with E-state index in [1.807, 2.05) is 0 Å². The lowest BCUT2D eigenvalue weighted by Crippen LogP contribution is -2.48. The highest BCUT2D eigenvalue weighted by atomic mass is 16.5. The van der Waals surface area contributed by atoms with E-state index in [4.69, 9.17) is 4.74 Å². The van der Waals surface area contributed by atoms with Gasteiger partial charge in [-0.1, -0.05) is 13.3 Å². The Morgan fingerprint density at radius 2 is 1.88 bits per heavy atom. The van der Waals surface area contributed by atoms with Gasteiger partial charge >= 0.3 is 0 Å². The molecular weight excluding hydrogens is 212 g/mol. The molecule has 2 unspecified atom stereocenters. The average Bonchev–Trinajstić information content (AvgIpc) is 2.22. The zero-order valence-electron chi connectivity index (χ0n) is 12.8. The monoisotopic (exact) mass is 244 g/mol. The molecule has 0 aromatic heterocycles. The predicted molar refractivity (Wildman–Crippen MR) is 75.6 cm³/mol. The van der Waals surface area contributed by atoms with Crippen LogP contribution >= 0.6 is 0 Å². The number of hydrogen-bond donors (Lipinski definition) is 1. The highest BCUT2D eigenvalue weighted by Crippen LogP contribution is 2.08. The van der Waals surface area contributed by atoms with Crippen LogP contribution in [0.4, 0.5) is 0 Å². The number of methoxy groups -OCH3 is 1. The van der Waals surface area contributed by atoms with E-state index in [1.165, 1.54) is 12.8 Å². The molecule has 0 aromatic carbocycles. The van der Waals surface area contributed by atoms with Crippen molar-refractivity contribution in [1.29, 1.82) is 0 Å². The molecule has 3 nitrogen and oxygen atoms in total. The van der Waals surface area contributed by atoms with Crippen LogP contribution in [0.1, 0.15) is 47.5 Å². The summed E-state index contributed by atoms with van der Waals surface area (Å²) in [5, 5.41) is 3.60. The molecule has 0 saturated heterocycles. The summed E-state index contributed by atoms with van der Waals surface area (Å²) in [6.07, 6.45) is 2.76. The number of nitrogens with zero attached hydrogens (tertiary/aromatic N) is 1. The van der Waals surface area contributed by atoms with Gasteiger partial charge in [-0.2, -0.15) is 0 Å². The SMILES string of the molecule is CCCC(CNC(C)(C)C)N(C)CC(C)OC. The zero-order valence-corrected chi connectivity index (χ0v) is 12.8. The first-order valence-electron chi connectivity index (χ1n) is 6.78. The molecule has 0 amide bonds. The van der Waals surface area contributed by atoms with Crippen molar-refractivity contribution in [3.8, 4) is 0 Å². The molecule has 104 valence electrons. The zero-order chi connectivity index (χ0) is 13.5. The molecule has 0 heterocycles. The van der Waals surface area contributed by atoms with Crippen LogP contribution in [-0.2, 0) is 4.74 Å². The van der Waals surface area contributed by atoms with Gasteiger partial charge in [-0.3, -0.25) is 4.90 Å². The van der Waals surface area contributed by atoms with Crippen molar-refractivity contribution in [2.75, 3.05) is 27.2 Å². The van der Waals surface area contributed by atoms with Crippen LogP contribution in [0.15, 0.2) is 0 Å². The first-order valence-corrected chi connectivity index (χ1v) is 6.78. The van der Waals surface area contributed by atoms with Crippen molar-refractivity contribution >= 4 is 0 Å². The van der Waals surface area contributed by atoms with E-state index in [1.54, 1.807) is 7.11 Å². The third-order valence-corrected chi connectivity index (χ3v) is 3.06. The number of rotatable bonds is 8. The van der Waals surface area contributed by atoms with Crippen LogP contribution in [0.3, 0.4) is 0 Å². The molecule has 0 bridgehead atoms. The van der Waals surface area contributed by atoms with Crippen molar-refractivity contribution in [1.82, 2.24) is 10.2 Å².